The standard InChI is InChI=1S/C24H20ClFN4O2S/c25-18-10-8-16(9-11-18)23(21-7-1-5-19(30-21)15-29-33(31)32)22(17-4-2-12-27-14-17)20-6-3-13-28-24(20)26/h1-14,22-23,33H,15H2,(H,29,31,32). The topological polar surface area (TPSA) is 84.8 Å². The molecule has 0 fully saturated rings. The number of halogens is 2. The largest absolute Gasteiger partial charge is 0.264 e. The molecular formula is C24H20ClFN4O2S. The van der Waals surface area contributed by atoms with Crippen molar-refractivity contribution >= 4 is 22.5 Å². The Hall–Kier alpha value is -3.20. The lowest BCUT2D eigenvalue weighted by Gasteiger charge is -2.28. The highest BCUT2D eigenvalue weighted by atomic mass is 35.5. The summed E-state index contributed by atoms with van der Waals surface area (Å²) >= 11 is 6.14. The molecule has 9 heteroatoms. The van der Waals surface area contributed by atoms with Gasteiger partial charge < -0.3 is 0 Å². The van der Waals surface area contributed by atoms with Gasteiger partial charge in [0.2, 0.25) is 16.8 Å². The highest BCUT2D eigenvalue weighted by molar-refractivity contribution is 7.70. The average molecular weight is 483 g/mol. The monoisotopic (exact) mass is 482 g/mol. The summed E-state index contributed by atoms with van der Waals surface area (Å²) in [5.74, 6) is -1.50. The van der Waals surface area contributed by atoms with Gasteiger partial charge in [-0.1, -0.05) is 41.9 Å². The zero-order chi connectivity index (χ0) is 23.2. The van der Waals surface area contributed by atoms with Gasteiger partial charge in [0.25, 0.3) is 0 Å². The number of hydrogen-bond donors (Lipinski definition) is 2. The molecule has 0 saturated heterocycles. The Morgan fingerprint density at radius 3 is 2.39 bits per heavy atom. The lowest BCUT2D eigenvalue weighted by atomic mass is 9.76. The molecule has 6 nitrogen and oxygen atoms in total. The molecule has 0 bridgehead atoms. The maximum Gasteiger partial charge on any atom is 0.216 e. The van der Waals surface area contributed by atoms with Crippen LogP contribution in [-0.4, -0.2) is 23.4 Å². The minimum Gasteiger partial charge on any atom is -0.264 e. The number of rotatable bonds is 8. The molecule has 0 spiro atoms. The van der Waals surface area contributed by atoms with E-state index >= 15 is 4.39 Å². The zero-order valence-electron chi connectivity index (χ0n) is 17.3. The number of thiol groups is 1. The lowest BCUT2D eigenvalue weighted by molar-refractivity contribution is 0.540. The van der Waals surface area contributed by atoms with Crippen LogP contribution < -0.4 is 4.72 Å². The van der Waals surface area contributed by atoms with E-state index in [1.807, 2.05) is 24.3 Å². The Labute approximate surface area is 197 Å². The van der Waals surface area contributed by atoms with Crippen molar-refractivity contribution in [1.82, 2.24) is 19.7 Å². The summed E-state index contributed by atoms with van der Waals surface area (Å²) < 4.78 is 39.4. The first-order chi connectivity index (χ1) is 16.0. The van der Waals surface area contributed by atoms with Crippen molar-refractivity contribution in [3.63, 3.8) is 0 Å². The molecule has 0 aliphatic heterocycles. The summed E-state index contributed by atoms with van der Waals surface area (Å²) in [4.78, 5) is 12.8. The smallest absolute Gasteiger partial charge is 0.216 e. The number of hydrogen-bond acceptors (Lipinski definition) is 5. The fourth-order valence-corrected chi connectivity index (χ4v) is 4.28. The van der Waals surface area contributed by atoms with Crippen LogP contribution in [0.3, 0.4) is 0 Å². The molecule has 4 rings (SSSR count). The second-order valence-corrected chi connectivity index (χ2v) is 8.59. The first-order valence-corrected chi connectivity index (χ1v) is 11.7. The van der Waals surface area contributed by atoms with Gasteiger partial charge in [0.05, 0.1) is 12.2 Å². The van der Waals surface area contributed by atoms with E-state index in [-0.39, 0.29) is 6.54 Å². The van der Waals surface area contributed by atoms with Crippen LogP contribution in [0.1, 0.15) is 39.9 Å². The van der Waals surface area contributed by atoms with E-state index in [2.05, 4.69) is 14.7 Å². The second-order valence-electron chi connectivity index (χ2n) is 7.32. The number of pyridine rings is 3. The minimum absolute atomic E-state index is 0.0543. The Kier molecular flexibility index (Phi) is 7.39. The SMILES string of the molecule is O=[SH](=O)NCc1cccc(C(c2ccc(Cl)cc2)C(c2cccnc2)c2cccnc2F)n1. The van der Waals surface area contributed by atoms with Crippen molar-refractivity contribution in [2.24, 2.45) is 0 Å². The summed E-state index contributed by atoms with van der Waals surface area (Å²) in [5, 5.41) is 0.577. The van der Waals surface area contributed by atoms with E-state index < -0.39 is 28.7 Å². The first-order valence-electron chi connectivity index (χ1n) is 10.1. The maximum atomic E-state index is 15.0. The van der Waals surface area contributed by atoms with Crippen LogP contribution in [0.25, 0.3) is 0 Å². The second kappa shape index (κ2) is 10.6. The predicted octanol–water partition coefficient (Wildman–Crippen LogP) is 4.24. The molecule has 4 aromatic rings. The molecular weight excluding hydrogens is 463 g/mol. The van der Waals surface area contributed by atoms with E-state index in [4.69, 9.17) is 16.6 Å². The lowest BCUT2D eigenvalue weighted by Crippen LogP contribution is -2.19. The third kappa shape index (κ3) is 5.60. The Morgan fingerprint density at radius 2 is 1.70 bits per heavy atom. The van der Waals surface area contributed by atoms with Crippen LogP contribution >= 0.6 is 11.6 Å². The van der Waals surface area contributed by atoms with Crippen molar-refractivity contribution < 1.29 is 12.8 Å². The van der Waals surface area contributed by atoms with E-state index in [9.17, 15) is 8.42 Å². The minimum atomic E-state index is -2.76. The van der Waals surface area contributed by atoms with Crippen LogP contribution in [0.4, 0.5) is 4.39 Å². The van der Waals surface area contributed by atoms with Gasteiger partial charge in [-0.25, -0.2) is 18.1 Å². The third-order valence-corrected chi connectivity index (χ3v) is 5.93. The van der Waals surface area contributed by atoms with Crippen LogP contribution in [0.2, 0.25) is 5.02 Å². The summed E-state index contributed by atoms with van der Waals surface area (Å²) in [6, 6.07) is 19.8. The molecule has 2 unspecified atom stereocenters. The highest BCUT2D eigenvalue weighted by Gasteiger charge is 2.32. The fourth-order valence-electron chi connectivity index (χ4n) is 3.86. The van der Waals surface area contributed by atoms with Gasteiger partial charge in [-0.05, 0) is 47.5 Å². The normalized spacial score (nSPS) is 13.1. The quantitative estimate of drug-likeness (QED) is 0.290. The van der Waals surface area contributed by atoms with Crippen LogP contribution in [0.15, 0.2) is 85.3 Å². The molecule has 1 N–H and O–H groups in total. The number of aromatic nitrogens is 3. The van der Waals surface area contributed by atoms with E-state index in [1.54, 1.807) is 54.9 Å². The fraction of sp³-hybridized carbons (Fsp3) is 0.125. The summed E-state index contributed by atoms with van der Waals surface area (Å²) in [7, 11) is -2.76. The van der Waals surface area contributed by atoms with Gasteiger partial charge in [0, 0.05) is 46.7 Å². The van der Waals surface area contributed by atoms with Crippen molar-refractivity contribution in [2.45, 2.75) is 18.4 Å². The van der Waals surface area contributed by atoms with Gasteiger partial charge in [-0.15, -0.1) is 0 Å². The number of nitrogens with one attached hydrogen (secondary N) is 1. The summed E-state index contributed by atoms with van der Waals surface area (Å²) in [6.07, 6.45) is 4.77. The van der Waals surface area contributed by atoms with Crippen molar-refractivity contribution in [3.8, 4) is 0 Å². The van der Waals surface area contributed by atoms with Gasteiger partial charge in [-0.3, -0.25) is 9.97 Å². The molecule has 3 heterocycles. The van der Waals surface area contributed by atoms with E-state index in [1.165, 1.54) is 6.20 Å². The first kappa shape index (κ1) is 23.0. The molecule has 33 heavy (non-hydrogen) atoms. The van der Waals surface area contributed by atoms with Crippen molar-refractivity contribution in [3.05, 3.63) is 124 Å². The molecule has 0 aliphatic carbocycles. The summed E-state index contributed by atoms with van der Waals surface area (Å²) in [6.45, 7) is 0.0543. The Morgan fingerprint density at radius 1 is 0.909 bits per heavy atom. The number of nitrogens with zero attached hydrogens (tertiary/aromatic N) is 3. The average Bonchev–Trinajstić information content (AvgIpc) is 2.83. The molecule has 3 aromatic heterocycles. The molecule has 168 valence electrons. The van der Waals surface area contributed by atoms with Gasteiger partial charge in [0.15, 0.2) is 0 Å². The molecule has 0 saturated carbocycles. The Bertz CT molecular complexity index is 1300. The molecule has 0 aliphatic rings. The van der Waals surface area contributed by atoms with Crippen molar-refractivity contribution in [2.75, 3.05) is 0 Å². The molecule has 1 aromatic carbocycles. The molecule has 2 atom stereocenters. The van der Waals surface area contributed by atoms with Gasteiger partial charge >= 0.3 is 0 Å². The number of benzene rings is 1. The van der Waals surface area contributed by atoms with Crippen molar-refractivity contribution in [1.29, 1.82) is 0 Å². The molecule has 0 amide bonds. The van der Waals surface area contributed by atoms with Gasteiger partial charge in [0.1, 0.15) is 0 Å². The van der Waals surface area contributed by atoms with E-state index in [0.717, 1.165) is 11.1 Å². The predicted molar refractivity (Wildman–Crippen MR) is 125 cm³/mol. The van der Waals surface area contributed by atoms with E-state index in [0.29, 0.717) is 22.0 Å². The Balaban J connectivity index is 1.92. The zero-order valence-corrected chi connectivity index (χ0v) is 19.0. The van der Waals surface area contributed by atoms with Crippen LogP contribution in [0, 0.1) is 5.95 Å². The van der Waals surface area contributed by atoms with Crippen LogP contribution in [0.5, 0.6) is 0 Å². The third-order valence-electron chi connectivity index (χ3n) is 5.27. The summed E-state index contributed by atoms with van der Waals surface area (Å²) in [5.41, 5.74) is 3.25. The van der Waals surface area contributed by atoms with Crippen LogP contribution in [-0.2, 0) is 17.4 Å². The highest BCUT2D eigenvalue weighted by Crippen LogP contribution is 2.42. The van der Waals surface area contributed by atoms with Gasteiger partial charge in [-0.2, -0.15) is 4.39 Å². The molecule has 0 radical (unpaired) electrons. The maximum absolute atomic E-state index is 15.0.